The second kappa shape index (κ2) is 10.0. The molecule has 0 amide bonds. The number of aromatic nitrogens is 2. The molecule has 2 aromatic heterocycles. The van der Waals surface area contributed by atoms with Gasteiger partial charge in [-0.2, -0.15) is 0 Å². The Balaban J connectivity index is 1.66. The molecule has 2 aromatic rings. The zero-order valence-corrected chi connectivity index (χ0v) is 17.2. The first-order chi connectivity index (χ1) is 13.2. The van der Waals surface area contributed by atoms with E-state index in [9.17, 15) is 0 Å². The number of nitrogens with zero attached hydrogens (tertiary/aromatic N) is 2. The van der Waals surface area contributed by atoms with E-state index in [0.29, 0.717) is 12.0 Å². The van der Waals surface area contributed by atoms with Gasteiger partial charge in [0.1, 0.15) is 6.23 Å². The van der Waals surface area contributed by atoms with Gasteiger partial charge in [-0.1, -0.05) is 39.7 Å². The van der Waals surface area contributed by atoms with Crippen molar-refractivity contribution in [1.29, 1.82) is 0 Å². The molecule has 0 spiro atoms. The molecule has 1 aliphatic rings. The summed E-state index contributed by atoms with van der Waals surface area (Å²) in [6.07, 6.45) is 13.8. The molecule has 1 saturated heterocycles. The first-order valence-corrected chi connectivity index (χ1v) is 10.7. The fourth-order valence-electron chi connectivity index (χ4n) is 4.05. The molecule has 4 heteroatoms. The average molecular weight is 370 g/mol. The maximum absolute atomic E-state index is 6.41. The lowest BCUT2D eigenvalue weighted by molar-refractivity contribution is -0.00388. The highest BCUT2D eigenvalue weighted by molar-refractivity contribution is 5.26. The fourth-order valence-corrected chi connectivity index (χ4v) is 4.05. The lowest BCUT2D eigenvalue weighted by atomic mass is 10.0. The van der Waals surface area contributed by atoms with E-state index >= 15 is 0 Å². The standard InChI is InChI=1S/C23H35N3O/c1-4-6-9-21-10-11-22(27-21)26-14-12-20(23(26)18(3)5-2)17-25-16-19-8-7-13-24-15-19/h7-8,12-15,18,21-22,25H,4-6,9-11,16-17H2,1-3H3. The van der Waals surface area contributed by atoms with E-state index in [2.05, 4.69) is 54.0 Å². The van der Waals surface area contributed by atoms with Crippen LogP contribution < -0.4 is 5.32 Å². The summed E-state index contributed by atoms with van der Waals surface area (Å²) in [5.41, 5.74) is 4.06. The molecule has 27 heavy (non-hydrogen) atoms. The maximum Gasteiger partial charge on any atom is 0.134 e. The molecule has 0 aliphatic carbocycles. The monoisotopic (exact) mass is 369 g/mol. The van der Waals surface area contributed by atoms with Gasteiger partial charge in [-0.15, -0.1) is 0 Å². The molecule has 3 rings (SSSR count). The Bertz CT molecular complexity index is 682. The Morgan fingerprint density at radius 1 is 1.26 bits per heavy atom. The van der Waals surface area contributed by atoms with Crippen LogP contribution in [0.25, 0.3) is 0 Å². The van der Waals surface area contributed by atoms with E-state index in [1.54, 1.807) is 0 Å². The van der Waals surface area contributed by atoms with Crippen LogP contribution in [0.1, 0.15) is 88.3 Å². The molecule has 1 fully saturated rings. The molecule has 148 valence electrons. The lowest BCUT2D eigenvalue weighted by Gasteiger charge is -2.22. The Morgan fingerprint density at radius 2 is 2.15 bits per heavy atom. The first-order valence-electron chi connectivity index (χ1n) is 10.7. The number of unbranched alkanes of at least 4 members (excludes halogenated alkanes) is 1. The van der Waals surface area contributed by atoms with Crippen LogP contribution in [0.5, 0.6) is 0 Å². The van der Waals surface area contributed by atoms with Crippen LogP contribution in [-0.2, 0) is 17.8 Å². The van der Waals surface area contributed by atoms with Crippen molar-refractivity contribution in [3.8, 4) is 0 Å². The highest BCUT2D eigenvalue weighted by Crippen LogP contribution is 2.35. The number of rotatable bonds is 10. The summed E-state index contributed by atoms with van der Waals surface area (Å²) in [7, 11) is 0. The first kappa shape index (κ1) is 20.1. The van der Waals surface area contributed by atoms with Crippen molar-refractivity contribution < 1.29 is 4.74 Å². The summed E-state index contributed by atoms with van der Waals surface area (Å²) in [6.45, 7) is 8.59. The largest absolute Gasteiger partial charge is 0.355 e. The van der Waals surface area contributed by atoms with Gasteiger partial charge in [0, 0.05) is 37.4 Å². The van der Waals surface area contributed by atoms with Crippen molar-refractivity contribution in [3.05, 3.63) is 53.6 Å². The molecule has 1 N–H and O–H groups in total. The third-order valence-electron chi connectivity index (χ3n) is 5.77. The Hall–Kier alpha value is -1.65. The minimum Gasteiger partial charge on any atom is -0.355 e. The molecular weight excluding hydrogens is 334 g/mol. The van der Waals surface area contributed by atoms with E-state index in [1.165, 1.54) is 42.5 Å². The van der Waals surface area contributed by atoms with Crippen LogP contribution in [-0.4, -0.2) is 15.7 Å². The Morgan fingerprint density at radius 3 is 2.89 bits per heavy atom. The Labute approximate surface area is 164 Å². The highest BCUT2D eigenvalue weighted by atomic mass is 16.5. The van der Waals surface area contributed by atoms with Gasteiger partial charge in [0.25, 0.3) is 0 Å². The minimum atomic E-state index is 0.211. The third-order valence-corrected chi connectivity index (χ3v) is 5.77. The number of hydrogen-bond acceptors (Lipinski definition) is 3. The fraction of sp³-hybridized carbons (Fsp3) is 0.609. The van der Waals surface area contributed by atoms with Crippen LogP contribution in [0.3, 0.4) is 0 Å². The molecule has 3 atom stereocenters. The van der Waals surface area contributed by atoms with Crippen molar-refractivity contribution >= 4 is 0 Å². The van der Waals surface area contributed by atoms with E-state index in [1.807, 2.05) is 18.5 Å². The van der Waals surface area contributed by atoms with E-state index in [-0.39, 0.29) is 6.23 Å². The van der Waals surface area contributed by atoms with Crippen molar-refractivity contribution in [1.82, 2.24) is 14.9 Å². The van der Waals surface area contributed by atoms with Gasteiger partial charge in [-0.05, 0) is 54.9 Å². The van der Waals surface area contributed by atoms with Crippen LogP contribution in [0.15, 0.2) is 36.8 Å². The zero-order valence-electron chi connectivity index (χ0n) is 17.2. The quantitative estimate of drug-likeness (QED) is 0.596. The number of ether oxygens (including phenoxy) is 1. The Kier molecular flexibility index (Phi) is 7.48. The topological polar surface area (TPSA) is 39.1 Å². The van der Waals surface area contributed by atoms with Crippen molar-refractivity contribution in [3.63, 3.8) is 0 Å². The summed E-state index contributed by atoms with van der Waals surface area (Å²) in [4.78, 5) is 4.19. The molecule has 3 unspecified atom stereocenters. The normalized spacial score (nSPS) is 20.9. The van der Waals surface area contributed by atoms with Gasteiger partial charge in [-0.25, -0.2) is 0 Å². The summed E-state index contributed by atoms with van der Waals surface area (Å²) >= 11 is 0. The third kappa shape index (κ3) is 5.20. The van der Waals surface area contributed by atoms with Gasteiger partial charge in [0.05, 0.1) is 6.10 Å². The second-order valence-corrected chi connectivity index (χ2v) is 7.84. The van der Waals surface area contributed by atoms with Crippen molar-refractivity contribution in [2.24, 2.45) is 0 Å². The predicted octanol–water partition coefficient (Wildman–Crippen LogP) is 5.55. The van der Waals surface area contributed by atoms with Crippen molar-refractivity contribution in [2.45, 2.75) is 90.6 Å². The van der Waals surface area contributed by atoms with Crippen LogP contribution in [0.2, 0.25) is 0 Å². The van der Waals surface area contributed by atoms with Crippen LogP contribution in [0.4, 0.5) is 0 Å². The minimum absolute atomic E-state index is 0.211. The molecular formula is C23H35N3O. The molecule has 1 aliphatic heterocycles. The SMILES string of the molecule is CCCCC1CCC(n2ccc(CNCc3cccnc3)c2C(C)CC)O1. The molecule has 0 bridgehead atoms. The number of hydrogen-bond donors (Lipinski definition) is 1. The van der Waals surface area contributed by atoms with E-state index < -0.39 is 0 Å². The van der Waals surface area contributed by atoms with Gasteiger partial charge in [0.2, 0.25) is 0 Å². The second-order valence-electron chi connectivity index (χ2n) is 7.84. The van der Waals surface area contributed by atoms with E-state index in [0.717, 1.165) is 25.9 Å². The van der Waals surface area contributed by atoms with Gasteiger partial charge in [0.15, 0.2) is 0 Å². The smallest absolute Gasteiger partial charge is 0.134 e. The maximum atomic E-state index is 6.41. The highest BCUT2D eigenvalue weighted by Gasteiger charge is 2.28. The van der Waals surface area contributed by atoms with Crippen molar-refractivity contribution in [2.75, 3.05) is 0 Å². The van der Waals surface area contributed by atoms with Crippen LogP contribution >= 0.6 is 0 Å². The number of pyridine rings is 1. The summed E-state index contributed by atoms with van der Waals surface area (Å²) in [5.74, 6) is 0.536. The molecule has 0 saturated carbocycles. The van der Waals surface area contributed by atoms with Gasteiger partial charge in [-0.3, -0.25) is 4.98 Å². The summed E-state index contributed by atoms with van der Waals surface area (Å²) in [6, 6.07) is 6.38. The summed E-state index contributed by atoms with van der Waals surface area (Å²) in [5, 5.41) is 3.58. The number of nitrogens with one attached hydrogen (secondary N) is 1. The average Bonchev–Trinajstić information content (AvgIpc) is 3.33. The predicted molar refractivity (Wildman–Crippen MR) is 111 cm³/mol. The molecule has 4 nitrogen and oxygen atoms in total. The molecule has 3 heterocycles. The van der Waals surface area contributed by atoms with Crippen LogP contribution in [0, 0.1) is 0 Å². The van der Waals surface area contributed by atoms with Gasteiger partial charge < -0.3 is 14.6 Å². The summed E-state index contributed by atoms with van der Waals surface area (Å²) < 4.78 is 8.82. The molecule has 0 radical (unpaired) electrons. The zero-order chi connectivity index (χ0) is 19.1. The van der Waals surface area contributed by atoms with Gasteiger partial charge >= 0.3 is 0 Å². The van der Waals surface area contributed by atoms with E-state index in [4.69, 9.17) is 4.74 Å². The lowest BCUT2D eigenvalue weighted by Crippen LogP contribution is -2.18. The molecule has 0 aromatic carbocycles.